The Bertz CT molecular complexity index is 555. The van der Waals surface area contributed by atoms with Gasteiger partial charge in [-0.25, -0.2) is 4.79 Å². The second-order valence-corrected chi connectivity index (χ2v) is 6.11. The molecule has 0 radical (unpaired) electrons. The van der Waals surface area contributed by atoms with E-state index in [0.29, 0.717) is 0 Å². The normalized spacial score (nSPS) is 16.6. The Balaban J connectivity index is 2.09. The minimum atomic E-state index is -0.615. The van der Waals surface area contributed by atoms with Crippen LogP contribution in [0.15, 0.2) is 24.3 Å². The highest BCUT2D eigenvalue weighted by atomic mass is 16.2. The second-order valence-electron chi connectivity index (χ2n) is 6.11. The average Bonchev–Trinajstić information content (AvgIpc) is 2.54. The number of piperidine rings is 1. The van der Waals surface area contributed by atoms with Gasteiger partial charge in [0.2, 0.25) is 5.91 Å². The van der Waals surface area contributed by atoms with Crippen LogP contribution in [0.3, 0.4) is 0 Å². The lowest BCUT2D eigenvalue weighted by atomic mass is 9.97. The fourth-order valence-electron chi connectivity index (χ4n) is 3.10. The number of benzene rings is 1. The van der Waals surface area contributed by atoms with Crippen LogP contribution < -0.4 is 16.4 Å². The van der Waals surface area contributed by atoms with Crippen molar-refractivity contribution in [2.45, 2.75) is 38.3 Å². The summed E-state index contributed by atoms with van der Waals surface area (Å²) in [5, 5.41) is 6.00. The molecule has 1 aliphatic rings. The van der Waals surface area contributed by atoms with Crippen LogP contribution in [0.4, 0.5) is 4.79 Å². The number of aryl methyl sites for hydroxylation is 1. The van der Waals surface area contributed by atoms with Crippen molar-refractivity contribution in [3.05, 3.63) is 35.4 Å². The Kier molecular flexibility index (Phi) is 5.98. The molecule has 1 unspecified atom stereocenters. The standard InChI is InChI=1S/C17H26N4O2/c1-12-5-3-4-6-14(12)15(20-17(18)23)11-16(22)21(2)13-7-9-19-10-8-13/h3-6,13,15,19H,7-11H2,1-2H3,(H3,18,20,23). The number of nitrogens with two attached hydrogens (primary N) is 1. The van der Waals surface area contributed by atoms with E-state index >= 15 is 0 Å². The van der Waals surface area contributed by atoms with Gasteiger partial charge in [0.25, 0.3) is 0 Å². The summed E-state index contributed by atoms with van der Waals surface area (Å²) >= 11 is 0. The molecule has 0 aromatic heterocycles. The number of urea groups is 1. The number of hydrogen-bond donors (Lipinski definition) is 3. The Morgan fingerprint density at radius 2 is 2.00 bits per heavy atom. The fraction of sp³-hybridized carbons (Fsp3) is 0.529. The van der Waals surface area contributed by atoms with Crippen LogP contribution in [-0.2, 0) is 4.79 Å². The summed E-state index contributed by atoms with van der Waals surface area (Å²) < 4.78 is 0. The first-order chi connectivity index (χ1) is 11.0. The number of nitrogens with one attached hydrogen (secondary N) is 2. The van der Waals surface area contributed by atoms with Gasteiger partial charge in [-0.3, -0.25) is 4.79 Å². The number of carbonyl (C=O) groups excluding carboxylic acids is 2. The van der Waals surface area contributed by atoms with E-state index in [1.54, 1.807) is 0 Å². The molecule has 0 bridgehead atoms. The lowest BCUT2D eigenvalue weighted by molar-refractivity contribution is -0.132. The van der Waals surface area contributed by atoms with E-state index in [0.717, 1.165) is 37.1 Å². The maximum absolute atomic E-state index is 12.6. The summed E-state index contributed by atoms with van der Waals surface area (Å²) in [7, 11) is 1.84. The zero-order chi connectivity index (χ0) is 16.8. The lowest BCUT2D eigenvalue weighted by Crippen LogP contribution is -2.45. The molecule has 0 aliphatic carbocycles. The summed E-state index contributed by atoms with van der Waals surface area (Å²) in [6, 6.07) is 6.97. The quantitative estimate of drug-likeness (QED) is 0.765. The van der Waals surface area contributed by atoms with Crippen molar-refractivity contribution < 1.29 is 9.59 Å². The summed E-state index contributed by atoms with van der Waals surface area (Å²) in [6.07, 6.45) is 2.13. The predicted molar refractivity (Wildman–Crippen MR) is 89.9 cm³/mol. The summed E-state index contributed by atoms with van der Waals surface area (Å²) in [6.45, 7) is 3.83. The Morgan fingerprint density at radius 1 is 1.35 bits per heavy atom. The molecule has 0 saturated carbocycles. The molecule has 1 fully saturated rings. The second kappa shape index (κ2) is 7.97. The highest BCUT2D eigenvalue weighted by Crippen LogP contribution is 2.22. The molecule has 1 aromatic carbocycles. The van der Waals surface area contributed by atoms with E-state index in [-0.39, 0.29) is 18.4 Å². The first-order valence-electron chi connectivity index (χ1n) is 8.07. The van der Waals surface area contributed by atoms with Gasteiger partial charge in [0.15, 0.2) is 0 Å². The van der Waals surface area contributed by atoms with Crippen LogP contribution >= 0.6 is 0 Å². The molecule has 2 rings (SSSR count). The average molecular weight is 318 g/mol. The SMILES string of the molecule is Cc1ccccc1C(CC(=O)N(C)C1CCNCC1)NC(N)=O. The Labute approximate surface area is 137 Å². The van der Waals surface area contributed by atoms with Crippen LogP contribution in [-0.4, -0.2) is 43.0 Å². The van der Waals surface area contributed by atoms with E-state index in [9.17, 15) is 9.59 Å². The van der Waals surface area contributed by atoms with E-state index in [2.05, 4.69) is 10.6 Å². The smallest absolute Gasteiger partial charge is 0.312 e. The van der Waals surface area contributed by atoms with Crippen LogP contribution in [0.2, 0.25) is 0 Å². The molecule has 0 spiro atoms. The number of amides is 3. The van der Waals surface area contributed by atoms with Crippen LogP contribution in [0.1, 0.15) is 36.4 Å². The van der Waals surface area contributed by atoms with Crippen molar-refractivity contribution in [3.8, 4) is 0 Å². The summed E-state index contributed by atoms with van der Waals surface area (Å²) in [5.41, 5.74) is 7.25. The number of nitrogens with zero attached hydrogens (tertiary/aromatic N) is 1. The molecule has 1 heterocycles. The van der Waals surface area contributed by atoms with Gasteiger partial charge in [-0.2, -0.15) is 0 Å². The molecule has 23 heavy (non-hydrogen) atoms. The maximum Gasteiger partial charge on any atom is 0.312 e. The number of hydrogen-bond acceptors (Lipinski definition) is 3. The van der Waals surface area contributed by atoms with E-state index in [4.69, 9.17) is 5.73 Å². The zero-order valence-electron chi connectivity index (χ0n) is 13.8. The number of rotatable bonds is 5. The van der Waals surface area contributed by atoms with Crippen molar-refractivity contribution in [2.24, 2.45) is 5.73 Å². The van der Waals surface area contributed by atoms with E-state index < -0.39 is 12.1 Å². The largest absolute Gasteiger partial charge is 0.352 e. The molecule has 1 saturated heterocycles. The zero-order valence-corrected chi connectivity index (χ0v) is 13.8. The maximum atomic E-state index is 12.6. The summed E-state index contributed by atoms with van der Waals surface area (Å²) in [4.78, 5) is 25.8. The van der Waals surface area contributed by atoms with Crippen LogP contribution in [0.5, 0.6) is 0 Å². The molecule has 6 heteroatoms. The minimum Gasteiger partial charge on any atom is -0.352 e. The van der Waals surface area contributed by atoms with E-state index in [1.807, 2.05) is 43.1 Å². The van der Waals surface area contributed by atoms with Gasteiger partial charge >= 0.3 is 6.03 Å². The third-order valence-electron chi connectivity index (χ3n) is 4.51. The molecule has 3 amide bonds. The first kappa shape index (κ1) is 17.3. The van der Waals surface area contributed by atoms with Gasteiger partial charge in [0.05, 0.1) is 12.5 Å². The Morgan fingerprint density at radius 3 is 2.61 bits per heavy atom. The van der Waals surface area contributed by atoms with Crippen LogP contribution in [0, 0.1) is 6.92 Å². The van der Waals surface area contributed by atoms with Crippen molar-refractivity contribution in [3.63, 3.8) is 0 Å². The Hall–Kier alpha value is -2.08. The highest BCUT2D eigenvalue weighted by Gasteiger charge is 2.25. The third-order valence-corrected chi connectivity index (χ3v) is 4.51. The number of carbonyl (C=O) groups is 2. The summed E-state index contributed by atoms with van der Waals surface area (Å²) in [5.74, 6) is 0.0268. The third kappa shape index (κ3) is 4.69. The fourth-order valence-corrected chi connectivity index (χ4v) is 3.10. The molecular weight excluding hydrogens is 292 g/mol. The van der Waals surface area contributed by atoms with E-state index in [1.165, 1.54) is 0 Å². The van der Waals surface area contributed by atoms with Gasteiger partial charge in [-0.05, 0) is 44.0 Å². The molecule has 1 aromatic rings. The lowest BCUT2D eigenvalue weighted by Gasteiger charge is -2.33. The van der Waals surface area contributed by atoms with Gasteiger partial charge in [-0.1, -0.05) is 24.3 Å². The van der Waals surface area contributed by atoms with Crippen molar-refractivity contribution >= 4 is 11.9 Å². The van der Waals surface area contributed by atoms with Gasteiger partial charge in [-0.15, -0.1) is 0 Å². The topological polar surface area (TPSA) is 87.5 Å². The van der Waals surface area contributed by atoms with Gasteiger partial charge in [0.1, 0.15) is 0 Å². The monoisotopic (exact) mass is 318 g/mol. The molecular formula is C17H26N4O2. The predicted octanol–water partition coefficient (Wildman–Crippen LogP) is 1.30. The molecule has 4 N–H and O–H groups in total. The minimum absolute atomic E-state index is 0.0268. The molecule has 1 atom stereocenters. The molecule has 6 nitrogen and oxygen atoms in total. The van der Waals surface area contributed by atoms with Gasteiger partial charge in [0, 0.05) is 13.1 Å². The highest BCUT2D eigenvalue weighted by molar-refractivity contribution is 5.79. The first-order valence-corrected chi connectivity index (χ1v) is 8.07. The molecule has 126 valence electrons. The van der Waals surface area contributed by atoms with Crippen molar-refractivity contribution in [1.82, 2.24) is 15.5 Å². The van der Waals surface area contributed by atoms with Gasteiger partial charge < -0.3 is 21.3 Å². The van der Waals surface area contributed by atoms with Crippen molar-refractivity contribution in [1.29, 1.82) is 0 Å². The molecule has 1 aliphatic heterocycles. The van der Waals surface area contributed by atoms with Crippen molar-refractivity contribution in [2.75, 3.05) is 20.1 Å². The number of primary amides is 1. The van der Waals surface area contributed by atoms with Crippen LogP contribution in [0.25, 0.3) is 0 Å².